The molecule has 2 amide bonds. The number of morpholine rings is 1. The fourth-order valence-corrected chi connectivity index (χ4v) is 2.21. The van der Waals surface area contributed by atoms with Crippen LogP contribution in [-0.2, 0) is 11.3 Å². The van der Waals surface area contributed by atoms with E-state index in [1.807, 2.05) is 0 Å². The summed E-state index contributed by atoms with van der Waals surface area (Å²) in [6, 6.07) is 5.28. The van der Waals surface area contributed by atoms with Crippen molar-refractivity contribution in [3.8, 4) is 0 Å². The van der Waals surface area contributed by atoms with E-state index in [-0.39, 0.29) is 6.03 Å². The molecule has 1 aromatic rings. The standard InChI is InChI=1S/C13H18ClN3O2/c1-16(13(18)17-4-6-19-7-5-17)9-10-8-11(15)2-3-12(10)14/h2-3,8H,4-7,9,15H2,1H3. The zero-order valence-electron chi connectivity index (χ0n) is 10.9. The highest BCUT2D eigenvalue weighted by Crippen LogP contribution is 2.20. The predicted octanol–water partition coefficient (Wildman–Crippen LogP) is 1.81. The summed E-state index contributed by atoms with van der Waals surface area (Å²) in [7, 11) is 1.76. The maximum Gasteiger partial charge on any atom is 0.320 e. The van der Waals surface area contributed by atoms with Crippen molar-refractivity contribution in [2.75, 3.05) is 39.1 Å². The third kappa shape index (κ3) is 3.52. The van der Waals surface area contributed by atoms with E-state index in [0.717, 1.165) is 5.56 Å². The Kier molecular flexibility index (Phi) is 4.50. The van der Waals surface area contributed by atoms with Crippen molar-refractivity contribution in [3.05, 3.63) is 28.8 Å². The molecule has 1 heterocycles. The van der Waals surface area contributed by atoms with Gasteiger partial charge in [-0.1, -0.05) is 11.6 Å². The summed E-state index contributed by atoms with van der Waals surface area (Å²) >= 11 is 6.10. The number of ether oxygens (including phenoxy) is 1. The molecule has 1 aromatic carbocycles. The molecule has 6 heteroatoms. The molecule has 0 bridgehead atoms. The summed E-state index contributed by atoms with van der Waals surface area (Å²) in [6.45, 7) is 2.90. The lowest BCUT2D eigenvalue weighted by Crippen LogP contribution is -2.46. The minimum atomic E-state index is -0.0122. The SMILES string of the molecule is CN(Cc1cc(N)ccc1Cl)C(=O)N1CCOCC1. The van der Waals surface area contributed by atoms with Crippen LogP contribution in [0.2, 0.25) is 5.02 Å². The molecule has 0 unspecified atom stereocenters. The van der Waals surface area contributed by atoms with Gasteiger partial charge in [0.25, 0.3) is 0 Å². The number of carbonyl (C=O) groups is 1. The van der Waals surface area contributed by atoms with Gasteiger partial charge in [0.1, 0.15) is 0 Å². The summed E-state index contributed by atoms with van der Waals surface area (Å²) in [5, 5.41) is 0.621. The number of amides is 2. The number of nitrogens with zero attached hydrogens (tertiary/aromatic N) is 2. The molecule has 1 saturated heterocycles. The number of nitrogens with two attached hydrogens (primary N) is 1. The van der Waals surface area contributed by atoms with Crippen LogP contribution in [0.25, 0.3) is 0 Å². The van der Waals surface area contributed by atoms with E-state index in [0.29, 0.717) is 43.6 Å². The van der Waals surface area contributed by atoms with Gasteiger partial charge in [0.05, 0.1) is 13.2 Å². The van der Waals surface area contributed by atoms with Gasteiger partial charge >= 0.3 is 6.03 Å². The van der Waals surface area contributed by atoms with Gasteiger partial charge in [0.15, 0.2) is 0 Å². The first-order chi connectivity index (χ1) is 9.08. The highest BCUT2D eigenvalue weighted by Gasteiger charge is 2.20. The van der Waals surface area contributed by atoms with Gasteiger partial charge in [-0.05, 0) is 23.8 Å². The van der Waals surface area contributed by atoms with Crippen LogP contribution < -0.4 is 5.73 Å². The second kappa shape index (κ2) is 6.12. The molecule has 0 saturated carbocycles. The van der Waals surface area contributed by atoms with E-state index in [1.165, 1.54) is 0 Å². The van der Waals surface area contributed by atoms with Crippen molar-refractivity contribution < 1.29 is 9.53 Å². The third-order valence-electron chi connectivity index (χ3n) is 3.09. The summed E-state index contributed by atoms with van der Waals surface area (Å²) in [6.07, 6.45) is 0. The zero-order valence-corrected chi connectivity index (χ0v) is 11.7. The van der Waals surface area contributed by atoms with Crippen LogP contribution in [0.3, 0.4) is 0 Å². The second-order valence-electron chi connectivity index (χ2n) is 4.59. The Hall–Kier alpha value is -1.46. The number of halogens is 1. The normalized spacial score (nSPS) is 15.4. The Morgan fingerprint density at radius 3 is 2.84 bits per heavy atom. The van der Waals surface area contributed by atoms with Crippen LogP contribution in [0.4, 0.5) is 10.5 Å². The van der Waals surface area contributed by atoms with Crippen molar-refractivity contribution in [1.29, 1.82) is 0 Å². The first-order valence-corrected chi connectivity index (χ1v) is 6.57. The van der Waals surface area contributed by atoms with E-state index in [4.69, 9.17) is 22.1 Å². The van der Waals surface area contributed by atoms with E-state index >= 15 is 0 Å². The zero-order chi connectivity index (χ0) is 13.8. The average molecular weight is 284 g/mol. The number of hydrogen-bond acceptors (Lipinski definition) is 3. The highest BCUT2D eigenvalue weighted by molar-refractivity contribution is 6.31. The van der Waals surface area contributed by atoms with E-state index < -0.39 is 0 Å². The monoisotopic (exact) mass is 283 g/mol. The van der Waals surface area contributed by atoms with Gasteiger partial charge < -0.3 is 20.3 Å². The van der Waals surface area contributed by atoms with E-state index in [2.05, 4.69) is 0 Å². The van der Waals surface area contributed by atoms with E-state index in [9.17, 15) is 4.79 Å². The fraction of sp³-hybridized carbons (Fsp3) is 0.462. The Morgan fingerprint density at radius 2 is 2.16 bits per heavy atom. The molecule has 0 atom stereocenters. The van der Waals surface area contributed by atoms with Crippen molar-refractivity contribution in [2.45, 2.75) is 6.54 Å². The van der Waals surface area contributed by atoms with Crippen molar-refractivity contribution in [3.63, 3.8) is 0 Å². The minimum Gasteiger partial charge on any atom is -0.399 e. The molecule has 104 valence electrons. The quantitative estimate of drug-likeness (QED) is 0.842. The predicted molar refractivity (Wildman–Crippen MR) is 75.1 cm³/mol. The third-order valence-corrected chi connectivity index (χ3v) is 3.45. The molecular formula is C13H18ClN3O2. The molecule has 1 aliphatic heterocycles. The molecule has 0 aromatic heterocycles. The van der Waals surface area contributed by atoms with E-state index in [1.54, 1.807) is 35.0 Å². The van der Waals surface area contributed by atoms with Crippen molar-refractivity contribution in [2.24, 2.45) is 0 Å². The molecule has 19 heavy (non-hydrogen) atoms. The summed E-state index contributed by atoms with van der Waals surface area (Å²) in [4.78, 5) is 15.6. The average Bonchev–Trinajstić information content (AvgIpc) is 2.43. The lowest BCUT2D eigenvalue weighted by Gasteiger charge is -2.31. The Balaban J connectivity index is 2.01. The smallest absolute Gasteiger partial charge is 0.320 e. The van der Waals surface area contributed by atoms with Crippen molar-refractivity contribution in [1.82, 2.24) is 9.80 Å². The van der Waals surface area contributed by atoms with Crippen LogP contribution >= 0.6 is 11.6 Å². The molecular weight excluding hydrogens is 266 g/mol. The van der Waals surface area contributed by atoms with Gasteiger partial charge in [-0.15, -0.1) is 0 Å². The van der Waals surface area contributed by atoms with Crippen LogP contribution in [0.15, 0.2) is 18.2 Å². The molecule has 1 fully saturated rings. The lowest BCUT2D eigenvalue weighted by molar-refractivity contribution is 0.0448. The van der Waals surface area contributed by atoms with Crippen LogP contribution in [0, 0.1) is 0 Å². The summed E-state index contributed by atoms with van der Waals surface area (Å²) in [5.41, 5.74) is 7.23. The minimum absolute atomic E-state index is 0.0122. The lowest BCUT2D eigenvalue weighted by atomic mass is 10.2. The Morgan fingerprint density at radius 1 is 1.47 bits per heavy atom. The van der Waals surface area contributed by atoms with Gasteiger partial charge in [-0.2, -0.15) is 0 Å². The summed E-state index contributed by atoms with van der Waals surface area (Å²) in [5.74, 6) is 0. The van der Waals surface area contributed by atoms with Crippen LogP contribution in [0.1, 0.15) is 5.56 Å². The molecule has 5 nitrogen and oxygen atoms in total. The number of benzene rings is 1. The first-order valence-electron chi connectivity index (χ1n) is 6.19. The van der Waals surface area contributed by atoms with Gasteiger partial charge in [0.2, 0.25) is 0 Å². The highest BCUT2D eigenvalue weighted by atomic mass is 35.5. The second-order valence-corrected chi connectivity index (χ2v) is 5.00. The maximum absolute atomic E-state index is 12.2. The first kappa shape index (κ1) is 14.0. The fourth-order valence-electron chi connectivity index (χ4n) is 2.04. The largest absolute Gasteiger partial charge is 0.399 e. The van der Waals surface area contributed by atoms with Gasteiger partial charge in [0, 0.05) is 37.4 Å². The number of urea groups is 1. The number of rotatable bonds is 2. The molecule has 2 N–H and O–H groups in total. The van der Waals surface area contributed by atoms with Gasteiger partial charge in [-0.3, -0.25) is 0 Å². The summed E-state index contributed by atoms with van der Waals surface area (Å²) < 4.78 is 5.23. The number of nitrogen functional groups attached to an aromatic ring is 1. The van der Waals surface area contributed by atoms with Crippen molar-refractivity contribution >= 4 is 23.3 Å². The molecule has 0 spiro atoms. The number of hydrogen-bond donors (Lipinski definition) is 1. The van der Waals surface area contributed by atoms with Gasteiger partial charge in [-0.25, -0.2) is 4.79 Å². The molecule has 0 aliphatic carbocycles. The maximum atomic E-state index is 12.2. The topological polar surface area (TPSA) is 58.8 Å². The van der Waals surface area contributed by atoms with Crippen LogP contribution in [0.5, 0.6) is 0 Å². The molecule has 2 rings (SSSR count). The molecule has 1 aliphatic rings. The number of anilines is 1. The Labute approximate surface area is 117 Å². The van der Waals surface area contributed by atoms with Crippen LogP contribution in [-0.4, -0.2) is 49.2 Å². The Bertz CT molecular complexity index is 461. The molecule has 0 radical (unpaired) electrons. The number of carbonyl (C=O) groups excluding carboxylic acids is 1.